The molecule has 0 spiro atoms. The predicted octanol–water partition coefficient (Wildman–Crippen LogP) is 4.35. The molecule has 5 heteroatoms. The molecule has 0 atom stereocenters. The Morgan fingerprint density at radius 3 is 2.62 bits per heavy atom. The van der Waals surface area contributed by atoms with E-state index < -0.39 is 0 Å². The van der Waals surface area contributed by atoms with Crippen LogP contribution in [0.2, 0.25) is 5.02 Å². The minimum atomic E-state index is -0.0483. The summed E-state index contributed by atoms with van der Waals surface area (Å²) in [5.41, 5.74) is 3.35. The van der Waals surface area contributed by atoms with Crippen LogP contribution in [0, 0.1) is 6.92 Å². The summed E-state index contributed by atoms with van der Waals surface area (Å²) in [5.74, 6) is 0.336. The third-order valence-corrected chi connectivity index (χ3v) is 5.24. The average molecular weight is 369 g/mol. The summed E-state index contributed by atoms with van der Waals surface area (Å²) in [6.07, 6.45) is 0. The second-order valence-electron chi connectivity index (χ2n) is 6.79. The first kappa shape index (κ1) is 17.1. The van der Waals surface area contributed by atoms with Gasteiger partial charge in [0.1, 0.15) is 5.58 Å². The number of benzene rings is 2. The van der Waals surface area contributed by atoms with Crippen molar-refractivity contribution in [2.75, 3.05) is 26.2 Å². The number of furan rings is 1. The number of amides is 1. The van der Waals surface area contributed by atoms with E-state index in [0.717, 1.165) is 25.0 Å². The highest BCUT2D eigenvalue weighted by atomic mass is 35.5. The van der Waals surface area contributed by atoms with E-state index in [1.165, 1.54) is 11.1 Å². The van der Waals surface area contributed by atoms with Crippen molar-refractivity contribution in [1.82, 2.24) is 9.80 Å². The van der Waals surface area contributed by atoms with E-state index in [0.29, 0.717) is 29.5 Å². The first-order chi connectivity index (χ1) is 12.6. The van der Waals surface area contributed by atoms with Crippen LogP contribution in [0.3, 0.4) is 0 Å². The fourth-order valence-electron chi connectivity index (χ4n) is 3.41. The summed E-state index contributed by atoms with van der Waals surface area (Å²) in [6.45, 7) is 6.23. The number of hydrogen-bond acceptors (Lipinski definition) is 3. The molecule has 3 aromatic rings. The smallest absolute Gasteiger partial charge is 0.289 e. The normalized spacial score (nSPS) is 15.5. The molecule has 0 unspecified atom stereocenters. The summed E-state index contributed by atoms with van der Waals surface area (Å²) < 4.78 is 5.71. The molecule has 0 bridgehead atoms. The van der Waals surface area contributed by atoms with E-state index in [1.54, 1.807) is 18.2 Å². The lowest BCUT2D eigenvalue weighted by atomic mass is 10.1. The number of nitrogens with zero attached hydrogens (tertiary/aromatic N) is 2. The van der Waals surface area contributed by atoms with Gasteiger partial charge in [-0.3, -0.25) is 9.69 Å². The molecule has 2 heterocycles. The zero-order valence-corrected chi connectivity index (χ0v) is 15.5. The highest BCUT2D eigenvalue weighted by molar-refractivity contribution is 6.31. The molecular formula is C21H21ClN2O2. The Kier molecular flexibility index (Phi) is 4.70. The SMILES string of the molecule is Cc1ccccc1CN1CCN(C(=O)c2cc3cc(Cl)ccc3o2)CC1. The third kappa shape index (κ3) is 3.48. The highest BCUT2D eigenvalue weighted by Crippen LogP contribution is 2.24. The van der Waals surface area contributed by atoms with Crippen molar-refractivity contribution in [2.24, 2.45) is 0 Å². The quantitative estimate of drug-likeness (QED) is 0.689. The number of piperazine rings is 1. The lowest BCUT2D eigenvalue weighted by Gasteiger charge is -2.34. The van der Waals surface area contributed by atoms with Crippen molar-refractivity contribution in [2.45, 2.75) is 13.5 Å². The first-order valence-electron chi connectivity index (χ1n) is 8.85. The van der Waals surface area contributed by atoms with Gasteiger partial charge in [0.05, 0.1) is 0 Å². The van der Waals surface area contributed by atoms with Gasteiger partial charge in [-0.25, -0.2) is 0 Å². The van der Waals surface area contributed by atoms with Crippen LogP contribution in [-0.2, 0) is 6.54 Å². The van der Waals surface area contributed by atoms with E-state index >= 15 is 0 Å². The largest absolute Gasteiger partial charge is 0.451 e. The maximum absolute atomic E-state index is 12.8. The van der Waals surface area contributed by atoms with Crippen molar-refractivity contribution >= 4 is 28.5 Å². The van der Waals surface area contributed by atoms with Gasteiger partial charge in [0.15, 0.2) is 5.76 Å². The van der Waals surface area contributed by atoms with Crippen molar-refractivity contribution < 1.29 is 9.21 Å². The average Bonchev–Trinajstić information content (AvgIpc) is 3.07. The third-order valence-electron chi connectivity index (χ3n) is 5.00. The highest BCUT2D eigenvalue weighted by Gasteiger charge is 2.24. The lowest BCUT2D eigenvalue weighted by Crippen LogP contribution is -2.48. The number of hydrogen-bond donors (Lipinski definition) is 0. The second-order valence-corrected chi connectivity index (χ2v) is 7.22. The van der Waals surface area contributed by atoms with E-state index in [4.69, 9.17) is 16.0 Å². The number of carbonyl (C=O) groups is 1. The van der Waals surface area contributed by atoms with Gasteiger partial charge >= 0.3 is 0 Å². The van der Waals surface area contributed by atoms with E-state index in [2.05, 4.69) is 36.1 Å². The molecule has 4 nitrogen and oxygen atoms in total. The van der Waals surface area contributed by atoms with Gasteiger partial charge in [-0.2, -0.15) is 0 Å². The maximum Gasteiger partial charge on any atom is 0.289 e. The standard InChI is InChI=1S/C21H21ClN2O2/c1-15-4-2-3-5-16(15)14-23-8-10-24(11-9-23)21(25)20-13-17-12-18(22)6-7-19(17)26-20/h2-7,12-13H,8-11,14H2,1H3. The predicted molar refractivity (Wildman–Crippen MR) is 104 cm³/mol. The van der Waals surface area contributed by atoms with E-state index in [1.807, 2.05) is 11.0 Å². The molecule has 4 rings (SSSR count). The van der Waals surface area contributed by atoms with Gasteiger partial charge in [-0.1, -0.05) is 35.9 Å². The fraction of sp³-hybridized carbons (Fsp3) is 0.286. The number of rotatable bonds is 3. The van der Waals surface area contributed by atoms with Crippen molar-refractivity contribution in [3.63, 3.8) is 0 Å². The van der Waals surface area contributed by atoms with Gasteiger partial charge in [-0.05, 0) is 42.3 Å². The van der Waals surface area contributed by atoms with Gasteiger partial charge < -0.3 is 9.32 Å². The molecule has 1 aromatic heterocycles. The molecule has 0 saturated carbocycles. The van der Waals surface area contributed by atoms with Crippen LogP contribution in [0.1, 0.15) is 21.7 Å². The molecule has 2 aromatic carbocycles. The Bertz CT molecular complexity index is 942. The van der Waals surface area contributed by atoms with E-state index in [9.17, 15) is 4.79 Å². The van der Waals surface area contributed by atoms with Crippen LogP contribution in [0.15, 0.2) is 52.9 Å². The molecule has 0 radical (unpaired) electrons. The second kappa shape index (κ2) is 7.14. The Hall–Kier alpha value is -2.30. The molecule has 1 saturated heterocycles. The number of aryl methyl sites for hydroxylation is 1. The summed E-state index contributed by atoms with van der Waals surface area (Å²) in [5, 5.41) is 1.50. The van der Waals surface area contributed by atoms with E-state index in [-0.39, 0.29) is 5.91 Å². The lowest BCUT2D eigenvalue weighted by molar-refractivity contribution is 0.0600. The monoisotopic (exact) mass is 368 g/mol. The maximum atomic E-state index is 12.8. The molecule has 134 valence electrons. The summed E-state index contributed by atoms with van der Waals surface area (Å²) in [4.78, 5) is 17.0. The fourth-order valence-corrected chi connectivity index (χ4v) is 3.59. The van der Waals surface area contributed by atoms with Crippen LogP contribution < -0.4 is 0 Å². The van der Waals surface area contributed by atoms with Gasteiger partial charge in [0.2, 0.25) is 0 Å². The molecule has 0 aliphatic carbocycles. The van der Waals surface area contributed by atoms with Crippen LogP contribution in [0.4, 0.5) is 0 Å². The van der Waals surface area contributed by atoms with Crippen LogP contribution in [-0.4, -0.2) is 41.9 Å². The molecule has 1 amide bonds. The molecule has 1 fully saturated rings. The Labute approximate surface area is 157 Å². The number of fused-ring (bicyclic) bond motifs is 1. The number of halogens is 1. The minimum Gasteiger partial charge on any atom is -0.451 e. The molecule has 1 aliphatic rings. The van der Waals surface area contributed by atoms with Crippen molar-refractivity contribution in [1.29, 1.82) is 0 Å². The molecule has 1 aliphatic heterocycles. The first-order valence-corrected chi connectivity index (χ1v) is 9.23. The Balaban J connectivity index is 1.40. The zero-order valence-electron chi connectivity index (χ0n) is 14.7. The Morgan fingerprint density at radius 2 is 1.85 bits per heavy atom. The minimum absolute atomic E-state index is 0.0483. The van der Waals surface area contributed by atoms with Crippen LogP contribution >= 0.6 is 11.6 Å². The van der Waals surface area contributed by atoms with Crippen LogP contribution in [0.5, 0.6) is 0 Å². The summed E-state index contributed by atoms with van der Waals surface area (Å²) in [6, 6.07) is 15.6. The van der Waals surface area contributed by atoms with Crippen molar-refractivity contribution in [3.8, 4) is 0 Å². The zero-order chi connectivity index (χ0) is 18.1. The van der Waals surface area contributed by atoms with Gasteiger partial charge in [0.25, 0.3) is 5.91 Å². The Morgan fingerprint density at radius 1 is 1.08 bits per heavy atom. The molecule has 26 heavy (non-hydrogen) atoms. The van der Waals surface area contributed by atoms with Crippen molar-refractivity contribution in [3.05, 3.63) is 70.4 Å². The van der Waals surface area contributed by atoms with Crippen LogP contribution in [0.25, 0.3) is 11.0 Å². The topological polar surface area (TPSA) is 36.7 Å². The molecular weight excluding hydrogens is 348 g/mol. The number of carbonyl (C=O) groups excluding carboxylic acids is 1. The summed E-state index contributed by atoms with van der Waals surface area (Å²) in [7, 11) is 0. The summed E-state index contributed by atoms with van der Waals surface area (Å²) >= 11 is 6.01. The molecule has 0 N–H and O–H groups in total. The van der Waals surface area contributed by atoms with Gasteiger partial charge in [-0.15, -0.1) is 0 Å². The van der Waals surface area contributed by atoms with Gasteiger partial charge in [0, 0.05) is 43.1 Å².